The van der Waals surface area contributed by atoms with Crippen LogP contribution in [-0.2, 0) is 4.79 Å². The van der Waals surface area contributed by atoms with E-state index in [-0.39, 0.29) is 12.0 Å². The fourth-order valence-corrected chi connectivity index (χ4v) is 1.87. The van der Waals surface area contributed by atoms with Crippen molar-refractivity contribution in [2.75, 3.05) is 7.11 Å². The van der Waals surface area contributed by atoms with Crippen LogP contribution in [0.4, 0.5) is 4.79 Å². The molecule has 6 heteroatoms. The van der Waals surface area contributed by atoms with Gasteiger partial charge in [-0.2, -0.15) is 0 Å². The van der Waals surface area contributed by atoms with Crippen molar-refractivity contribution in [1.29, 1.82) is 0 Å². The molecule has 0 saturated carbocycles. The molecule has 2 amide bonds. The van der Waals surface area contributed by atoms with Crippen LogP contribution in [-0.4, -0.2) is 30.3 Å². The van der Waals surface area contributed by atoms with Gasteiger partial charge in [0, 0.05) is 0 Å². The second-order valence-corrected chi connectivity index (χ2v) is 5.17. The molecule has 1 aromatic rings. The number of nitrogens with one attached hydrogen (secondary N) is 2. The SMILES string of the molecule is COc1ccc(C(C)NC(=O)N[C@H](C(=O)O)C(C)C)cc1. The van der Waals surface area contributed by atoms with Crippen LogP contribution in [0, 0.1) is 5.92 Å². The van der Waals surface area contributed by atoms with Gasteiger partial charge in [0.25, 0.3) is 0 Å². The molecule has 2 atom stereocenters. The van der Waals surface area contributed by atoms with Crippen LogP contribution >= 0.6 is 0 Å². The van der Waals surface area contributed by atoms with Crippen molar-refractivity contribution in [3.63, 3.8) is 0 Å². The molecule has 1 rings (SSSR count). The zero-order chi connectivity index (χ0) is 16.0. The number of aliphatic carboxylic acids is 1. The zero-order valence-corrected chi connectivity index (χ0v) is 12.7. The third kappa shape index (κ3) is 4.98. The van der Waals surface area contributed by atoms with Crippen molar-refractivity contribution in [3.8, 4) is 5.75 Å². The molecule has 3 N–H and O–H groups in total. The average molecular weight is 294 g/mol. The summed E-state index contributed by atoms with van der Waals surface area (Å²) in [5.74, 6) is -0.497. The minimum absolute atomic E-state index is 0.190. The summed E-state index contributed by atoms with van der Waals surface area (Å²) in [7, 11) is 1.59. The average Bonchev–Trinajstić information content (AvgIpc) is 2.44. The van der Waals surface area contributed by atoms with Gasteiger partial charge in [-0.15, -0.1) is 0 Å². The van der Waals surface area contributed by atoms with E-state index in [1.54, 1.807) is 33.1 Å². The summed E-state index contributed by atoms with van der Waals surface area (Å²) >= 11 is 0. The van der Waals surface area contributed by atoms with Crippen LogP contribution in [0.5, 0.6) is 5.75 Å². The van der Waals surface area contributed by atoms with Crippen LogP contribution in [0.2, 0.25) is 0 Å². The Morgan fingerprint density at radius 1 is 1.10 bits per heavy atom. The van der Waals surface area contributed by atoms with Crippen LogP contribution in [0.1, 0.15) is 32.4 Å². The van der Waals surface area contributed by atoms with E-state index in [1.165, 1.54) is 0 Å². The first kappa shape index (κ1) is 16.8. The van der Waals surface area contributed by atoms with Crippen molar-refractivity contribution < 1.29 is 19.4 Å². The summed E-state index contributed by atoms with van der Waals surface area (Å²) in [4.78, 5) is 22.9. The molecule has 1 aromatic carbocycles. The lowest BCUT2D eigenvalue weighted by atomic mass is 10.1. The molecule has 0 aliphatic heterocycles. The first-order valence-corrected chi connectivity index (χ1v) is 6.79. The monoisotopic (exact) mass is 294 g/mol. The van der Waals surface area contributed by atoms with Gasteiger partial charge in [0.2, 0.25) is 0 Å². The van der Waals surface area contributed by atoms with Gasteiger partial charge in [-0.1, -0.05) is 26.0 Å². The highest BCUT2D eigenvalue weighted by Gasteiger charge is 2.23. The fourth-order valence-electron chi connectivity index (χ4n) is 1.87. The number of rotatable bonds is 6. The van der Waals surface area contributed by atoms with E-state index in [4.69, 9.17) is 9.84 Å². The number of amides is 2. The molecule has 0 aliphatic rings. The topological polar surface area (TPSA) is 87.7 Å². The number of benzene rings is 1. The normalized spacial score (nSPS) is 13.4. The number of hydrogen-bond donors (Lipinski definition) is 3. The summed E-state index contributed by atoms with van der Waals surface area (Å²) in [6.45, 7) is 5.31. The summed E-state index contributed by atoms with van der Waals surface area (Å²) in [6.07, 6.45) is 0. The van der Waals surface area contributed by atoms with Crippen LogP contribution < -0.4 is 15.4 Å². The minimum atomic E-state index is -1.04. The molecular formula is C15H22N2O4. The molecule has 0 heterocycles. The standard InChI is InChI=1S/C15H22N2O4/c1-9(2)13(14(18)19)17-15(20)16-10(3)11-5-7-12(21-4)8-6-11/h5-10,13H,1-4H3,(H,18,19)(H2,16,17,20)/t10?,13-/m0/s1. The van der Waals surface area contributed by atoms with Crippen molar-refractivity contribution in [1.82, 2.24) is 10.6 Å². The zero-order valence-electron chi connectivity index (χ0n) is 12.7. The van der Waals surface area contributed by atoms with Gasteiger partial charge in [-0.25, -0.2) is 9.59 Å². The van der Waals surface area contributed by atoms with Gasteiger partial charge < -0.3 is 20.5 Å². The molecule has 0 aliphatic carbocycles. The Bertz CT molecular complexity index is 485. The van der Waals surface area contributed by atoms with E-state index in [0.29, 0.717) is 0 Å². The second kappa shape index (κ2) is 7.52. The minimum Gasteiger partial charge on any atom is -0.497 e. The highest BCUT2D eigenvalue weighted by Crippen LogP contribution is 2.17. The molecule has 0 radical (unpaired) electrons. The van der Waals surface area contributed by atoms with E-state index in [1.807, 2.05) is 19.1 Å². The van der Waals surface area contributed by atoms with Crippen LogP contribution in [0.15, 0.2) is 24.3 Å². The molecule has 1 unspecified atom stereocenters. The number of carboxylic acids is 1. The first-order chi connectivity index (χ1) is 9.85. The largest absolute Gasteiger partial charge is 0.497 e. The summed E-state index contributed by atoms with van der Waals surface area (Å²) in [5, 5.41) is 14.2. The number of carbonyl (C=O) groups excluding carboxylic acids is 1. The molecular weight excluding hydrogens is 272 g/mol. The maximum Gasteiger partial charge on any atom is 0.326 e. The van der Waals surface area contributed by atoms with Crippen LogP contribution in [0.25, 0.3) is 0 Å². The lowest BCUT2D eigenvalue weighted by Gasteiger charge is -2.21. The van der Waals surface area contributed by atoms with Crippen LogP contribution in [0.3, 0.4) is 0 Å². The van der Waals surface area contributed by atoms with E-state index in [2.05, 4.69) is 10.6 Å². The Labute approximate surface area is 124 Å². The molecule has 0 aromatic heterocycles. The number of ether oxygens (including phenoxy) is 1. The maximum absolute atomic E-state index is 11.9. The maximum atomic E-state index is 11.9. The molecule has 21 heavy (non-hydrogen) atoms. The molecule has 0 saturated heterocycles. The van der Waals surface area contributed by atoms with Gasteiger partial charge in [0.05, 0.1) is 13.2 Å². The Hall–Kier alpha value is -2.24. The second-order valence-electron chi connectivity index (χ2n) is 5.17. The van der Waals surface area contributed by atoms with Crippen molar-refractivity contribution in [2.24, 2.45) is 5.92 Å². The molecule has 116 valence electrons. The quantitative estimate of drug-likeness (QED) is 0.750. The summed E-state index contributed by atoms with van der Waals surface area (Å²) in [6, 6.07) is 5.66. The van der Waals surface area contributed by atoms with Gasteiger partial charge in [0.15, 0.2) is 0 Å². The Kier molecular flexibility index (Phi) is 6.02. The van der Waals surface area contributed by atoms with Gasteiger partial charge >= 0.3 is 12.0 Å². The third-order valence-electron chi connectivity index (χ3n) is 3.18. The first-order valence-electron chi connectivity index (χ1n) is 6.79. The summed E-state index contributed by atoms with van der Waals surface area (Å²) in [5.41, 5.74) is 0.905. The molecule has 6 nitrogen and oxygen atoms in total. The lowest BCUT2D eigenvalue weighted by Crippen LogP contribution is -2.49. The third-order valence-corrected chi connectivity index (χ3v) is 3.18. The van der Waals surface area contributed by atoms with Gasteiger partial charge in [-0.05, 0) is 30.5 Å². The lowest BCUT2D eigenvalue weighted by molar-refractivity contribution is -0.140. The van der Waals surface area contributed by atoms with E-state index < -0.39 is 18.0 Å². The number of methoxy groups -OCH3 is 1. The highest BCUT2D eigenvalue weighted by atomic mass is 16.5. The number of carboxylic acid groups (broad SMARTS) is 1. The Morgan fingerprint density at radius 2 is 1.67 bits per heavy atom. The molecule has 0 fully saturated rings. The van der Waals surface area contributed by atoms with Gasteiger partial charge in [0.1, 0.15) is 11.8 Å². The van der Waals surface area contributed by atoms with E-state index in [0.717, 1.165) is 11.3 Å². The molecule has 0 bridgehead atoms. The van der Waals surface area contributed by atoms with Crippen molar-refractivity contribution in [2.45, 2.75) is 32.9 Å². The van der Waals surface area contributed by atoms with E-state index in [9.17, 15) is 9.59 Å². The number of hydrogen-bond acceptors (Lipinski definition) is 3. The smallest absolute Gasteiger partial charge is 0.326 e. The number of carbonyl (C=O) groups is 2. The fraction of sp³-hybridized carbons (Fsp3) is 0.467. The van der Waals surface area contributed by atoms with Crippen molar-refractivity contribution in [3.05, 3.63) is 29.8 Å². The highest BCUT2D eigenvalue weighted by molar-refractivity contribution is 5.82. The van der Waals surface area contributed by atoms with E-state index >= 15 is 0 Å². The predicted molar refractivity (Wildman–Crippen MR) is 79.3 cm³/mol. The van der Waals surface area contributed by atoms with Crippen molar-refractivity contribution >= 4 is 12.0 Å². The predicted octanol–water partition coefficient (Wildman–Crippen LogP) is 2.16. The molecule has 0 spiro atoms. The Morgan fingerprint density at radius 3 is 2.10 bits per heavy atom. The Balaban J connectivity index is 2.62. The summed E-state index contributed by atoms with van der Waals surface area (Å²) < 4.78 is 5.07. The number of urea groups is 1. The van der Waals surface area contributed by atoms with Gasteiger partial charge in [-0.3, -0.25) is 0 Å².